The van der Waals surface area contributed by atoms with Crippen LogP contribution in [-0.2, 0) is 28.6 Å². The van der Waals surface area contributed by atoms with Crippen molar-refractivity contribution in [2.45, 2.75) is 38.7 Å². The van der Waals surface area contributed by atoms with Gasteiger partial charge in [0.2, 0.25) is 5.82 Å². The zero-order valence-corrected chi connectivity index (χ0v) is 18.7. The summed E-state index contributed by atoms with van der Waals surface area (Å²) in [6.07, 6.45) is -0.872. The quantitative estimate of drug-likeness (QED) is 0.136. The second kappa shape index (κ2) is 9.56. The number of esters is 1. The van der Waals surface area contributed by atoms with Crippen LogP contribution in [0.4, 0.5) is 22.0 Å². The molecule has 0 heterocycles. The predicted octanol–water partition coefficient (Wildman–Crippen LogP) is 4.30. The van der Waals surface area contributed by atoms with Crippen molar-refractivity contribution in [3.8, 4) is 0 Å². The summed E-state index contributed by atoms with van der Waals surface area (Å²) in [7, 11) is -5.63. The molecule has 2 unspecified atom stereocenters. The number of aryl methyl sites for hydroxylation is 1. The van der Waals surface area contributed by atoms with E-state index in [0.29, 0.717) is 5.56 Å². The molecule has 2 aromatic rings. The van der Waals surface area contributed by atoms with Crippen molar-refractivity contribution >= 4 is 21.9 Å². The lowest BCUT2D eigenvalue weighted by Gasteiger charge is -2.26. The van der Waals surface area contributed by atoms with E-state index in [1.54, 1.807) is 24.3 Å². The molecule has 0 radical (unpaired) electrons. The smallest absolute Gasteiger partial charge is 0.322 e. The fourth-order valence-corrected chi connectivity index (χ4v) is 3.69. The lowest BCUT2D eigenvalue weighted by Crippen LogP contribution is -2.42. The number of ketones is 1. The molecule has 2 aromatic carbocycles. The Labute approximate surface area is 186 Å². The van der Waals surface area contributed by atoms with Gasteiger partial charge in [-0.1, -0.05) is 29.8 Å². The number of Topliss-reactive ketones (excluding diaryl/α,β-unsaturated/α-hetero) is 1. The van der Waals surface area contributed by atoms with Crippen molar-refractivity contribution in [2.24, 2.45) is 5.41 Å². The zero-order chi connectivity index (χ0) is 25.3. The minimum absolute atomic E-state index is 0.551. The summed E-state index contributed by atoms with van der Waals surface area (Å²) in [5.74, 6) is -15.0. The first-order chi connectivity index (χ1) is 15.1. The highest BCUT2D eigenvalue weighted by atomic mass is 32.2. The van der Waals surface area contributed by atoms with Gasteiger partial charge in [-0.25, -0.2) is 22.0 Å². The van der Waals surface area contributed by atoms with Crippen molar-refractivity contribution in [3.63, 3.8) is 0 Å². The molecule has 0 fully saturated rings. The third-order valence-corrected chi connectivity index (χ3v) is 6.27. The van der Waals surface area contributed by atoms with Crippen molar-refractivity contribution in [2.75, 3.05) is 6.61 Å². The van der Waals surface area contributed by atoms with Gasteiger partial charge < -0.3 is 4.74 Å². The van der Waals surface area contributed by atoms with Crippen LogP contribution in [0.3, 0.4) is 0 Å². The summed E-state index contributed by atoms with van der Waals surface area (Å²) in [6, 6.07) is 6.79. The largest absolute Gasteiger partial charge is 0.457 e. The molecule has 0 saturated carbocycles. The topological polar surface area (TPSA) is 86.7 Å². The first kappa shape index (κ1) is 26.4. The van der Waals surface area contributed by atoms with Crippen LogP contribution in [0.2, 0.25) is 0 Å². The van der Waals surface area contributed by atoms with Gasteiger partial charge in [0.15, 0.2) is 28.2 Å². The molecule has 0 spiro atoms. The van der Waals surface area contributed by atoms with E-state index in [-0.39, 0.29) is 0 Å². The highest BCUT2D eigenvalue weighted by molar-refractivity contribution is 7.86. The first-order valence-corrected chi connectivity index (χ1v) is 10.7. The Balaban J connectivity index is 2.31. The molecule has 0 bridgehead atoms. The van der Waals surface area contributed by atoms with E-state index in [4.69, 9.17) is 4.74 Å². The molecule has 0 amide bonds. The van der Waals surface area contributed by atoms with Crippen LogP contribution in [0, 0.1) is 41.4 Å². The maximum Gasteiger partial charge on any atom is 0.322 e. The number of benzene rings is 2. The molecule has 2 rings (SSSR count). The second-order valence-corrected chi connectivity index (χ2v) is 9.01. The molecule has 12 heteroatoms. The standard InChI is InChI=1S/C21H19F5O6S/c1-10-5-7-13(8-6-10)11(2)32-20(28)21(4,12(3)27)9-31-33(29,30)19-17(25)15(23)14(22)16(24)18(19)26/h5-8,11H,9H2,1-4H3. The van der Waals surface area contributed by atoms with Gasteiger partial charge in [-0.15, -0.1) is 0 Å². The maximum absolute atomic E-state index is 13.9. The minimum atomic E-state index is -5.63. The van der Waals surface area contributed by atoms with Crippen molar-refractivity contribution < 1.29 is 48.9 Å². The summed E-state index contributed by atoms with van der Waals surface area (Å²) >= 11 is 0. The summed E-state index contributed by atoms with van der Waals surface area (Å²) in [4.78, 5) is 22.5. The first-order valence-electron chi connectivity index (χ1n) is 9.33. The monoisotopic (exact) mass is 494 g/mol. The number of hydrogen-bond acceptors (Lipinski definition) is 6. The van der Waals surface area contributed by atoms with Crippen LogP contribution in [0.1, 0.15) is 38.0 Å². The van der Waals surface area contributed by atoms with Gasteiger partial charge in [-0.3, -0.25) is 13.8 Å². The van der Waals surface area contributed by atoms with Crippen LogP contribution >= 0.6 is 0 Å². The van der Waals surface area contributed by atoms with Crippen molar-refractivity contribution in [3.05, 3.63) is 64.5 Å². The van der Waals surface area contributed by atoms with Gasteiger partial charge >= 0.3 is 16.1 Å². The Kier molecular flexibility index (Phi) is 7.64. The number of carbonyl (C=O) groups excluding carboxylic acids is 2. The molecule has 0 saturated heterocycles. The molecule has 0 aliphatic rings. The van der Waals surface area contributed by atoms with E-state index in [0.717, 1.165) is 19.4 Å². The van der Waals surface area contributed by atoms with E-state index in [2.05, 4.69) is 4.18 Å². The SMILES string of the molecule is CC(=O)C(C)(COS(=O)(=O)c1c(F)c(F)c(F)c(F)c1F)C(=O)OC(C)c1ccc(C)cc1. The Morgan fingerprint density at radius 1 is 0.939 bits per heavy atom. The zero-order valence-electron chi connectivity index (χ0n) is 17.8. The molecule has 180 valence electrons. The molecule has 2 atom stereocenters. The summed E-state index contributed by atoms with van der Waals surface area (Å²) < 4.78 is 102. The van der Waals surface area contributed by atoms with Crippen LogP contribution in [0.5, 0.6) is 0 Å². The van der Waals surface area contributed by atoms with Gasteiger partial charge in [0, 0.05) is 0 Å². The van der Waals surface area contributed by atoms with Crippen molar-refractivity contribution in [1.82, 2.24) is 0 Å². The van der Waals surface area contributed by atoms with Gasteiger partial charge in [0.05, 0.1) is 6.61 Å². The third kappa shape index (κ3) is 5.22. The molecular weight excluding hydrogens is 475 g/mol. The van der Waals surface area contributed by atoms with E-state index in [1.807, 2.05) is 6.92 Å². The van der Waals surface area contributed by atoms with E-state index >= 15 is 0 Å². The average Bonchev–Trinajstić information content (AvgIpc) is 2.74. The summed E-state index contributed by atoms with van der Waals surface area (Å²) in [6.45, 7) is 3.86. The second-order valence-electron chi connectivity index (χ2n) is 7.46. The molecule has 0 aliphatic heterocycles. The molecular formula is C21H19F5O6S. The molecule has 0 aromatic heterocycles. The maximum atomic E-state index is 13.9. The summed E-state index contributed by atoms with van der Waals surface area (Å²) in [5, 5.41) is 0. The number of carbonyl (C=O) groups is 2. The van der Waals surface area contributed by atoms with Crippen LogP contribution in [0.25, 0.3) is 0 Å². The number of hydrogen-bond donors (Lipinski definition) is 0. The Morgan fingerprint density at radius 3 is 1.85 bits per heavy atom. The molecule has 0 aliphatic carbocycles. The van der Waals surface area contributed by atoms with Crippen LogP contribution in [-0.4, -0.2) is 26.8 Å². The van der Waals surface area contributed by atoms with Crippen LogP contribution in [0.15, 0.2) is 29.2 Å². The van der Waals surface area contributed by atoms with Gasteiger partial charge in [0.1, 0.15) is 17.3 Å². The normalized spacial score (nSPS) is 14.5. The fraction of sp³-hybridized carbons (Fsp3) is 0.333. The van der Waals surface area contributed by atoms with E-state index in [9.17, 15) is 40.0 Å². The van der Waals surface area contributed by atoms with Crippen molar-refractivity contribution in [1.29, 1.82) is 0 Å². The number of halogens is 5. The molecule has 33 heavy (non-hydrogen) atoms. The Morgan fingerprint density at radius 2 is 1.39 bits per heavy atom. The predicted molar refractivity (Wildman–Crippen MR) is 104 cm³/mol. The number of rotatable bonds is 8. The van der Waals surface area contributed by atoms with E-state index < -0.39 is 74.0 Å². The van der Waals surface area contributed by atoms with Gasteiger partial charge in [-0.05, 0) is 33.3 Å². The highest BCUT2D eigenvalue weighted by Crippen LogP contribution is 2.31. The molecule has 6 nitrogen and oxygen atoms in total. The summed E-state index contributed by atoms with van der Waals surface area (Å²) in [5.41, 5.74) is -0.803. The van der Waals surface area contributed by atoms with Crippen LogP contribution < -0.4 is 0 Å². The van der Waals surface area contributed by atoms with Gasteiger partial charge in [-0.2, -0.15) is 8.42 Å². The average molecular weight is 494 g/mol. The lowest BCUT2D eigenvalue weighted by atomic mass is 9.87. The number of ether oxygens (including phenoxy) is 1. The van der Waals surface area contributed by atoms with E-state index in [1.165, 1.54) is 6.92 Å². The lowest BCUT2D eigenvalue weighted by molar-refractivity contribution is -0.165. The Hall–Kier alpha value is -2.86. The fourth-order valence-electron chi connectivity index (χ4n) is 2.56. The Bertz CT molecular complexity index is 1170. The minimum Gasteiger partial charge on any atom is -0.457 e. The third-order valence-electron chi connectivity index (χ3n) is 4.98. The van der Waals surface area contributed by atoms with Gasteiger partial charge in [0.25, 0.3) is 0 Å². The highest BCUT2D eigenvalue weighted by Gasteiger charge is 2.44. The molecule has 0 N–H and O–H groups in total.